The fourth-order valence-electron chi connectivity index (χ4n) is 3.47. The molecule has 3 heterocycles. The number of benzene rings is 1. The van der Waals surface area contributed by atoms with Crippen LogP contribution in [-0.4, -0.2) is 32.7 Å². The molecule has 0 amide bonds. The Hall–Kier alpha value is -2.11. The smallest absolute Gasteiger partial charge is 0.104 e. The van der Waals surface area contributed by atoms with Crippen LogP contribution in [0.15, 0.2) is 37.3 Å². The van der Waals surface area contributed by atoms with Crippen LogP contribution >= 0.6 is 11.6 Å². The van der Waals surface area contributed by atoms with Crippen LogP contribution in [0.2, 0.25) is 5.02 Å². The molecule has 0 unspecified atom stereocenters. The van der Waals surface area contributed by atoms with Crippen molar-refractivity contribution in [3.05, 3.63) is 47.9 Å². The van der Waals surface area contributed by atoms with Gasteiger partial charge in [-0.3, -0.25) is 0 Å². The molecule has 0 aliphatic carbocycles. The third-order valence-electron chi connectivity index (χ3n) is 5.01. The van der Waals surface area contributed by atoms with E-state index in [4.69, 9.17) is 11.6 Å². The van der Waals surface area contributed by atoms with Gasteiger partial charge in [0.1, 0.15) is 5.69 Å². The van der Waals surface area contributed by atoms with Gasteiger partial charge in [-0.05, 0) is 56.0 Å². The number of halogens is 1. The van der Waals surface area contributed by atoms with Gasteiger partial charge in [0.25, 0.3) is 0 Å². The van der Waals surface area contributed by atoms with Crippen LogP contribution in [0.4, 0.5) is 0 Å². The predicted octanol–water partition coefficient (Wildman–Crippen LogP) is 4.22. The maximum absolute atomic E-state index is 6.57. The highest BCUT2D eigenvalue weighted by Gasteiger charge is 2.20. The number of nitrogens with zero attached hydrogens (tertiary/aromatic N) is 4. The Labute approximate surface area is 152 Å². The molecule has 4 rings (SSSR count). The van der Waals surface area contributed by atoms with Gasteiger partial charge in [0.15, 0.2) is 0 Å². The number of fused-ring (bicyclic) bond motifs is 1. The van der Waals surface area contributed by atoms with Crippen LogP contribution in [0, 0.1) is 0 Å². The van der Waals surface area contributed by atoms with Crippen molar-refractivity contribution in [3.8, 4) is 5.69 Å². The minimum Gasteiger partial charge on any atom is -0.317 e. The number of allylic oxidation sites excluding steroid dienone is 1. The minimum absolute atomic E-state index is 0.504. The molecule has 130 valence electrons. The first-order valence-corrected chi connectivity index (χ1v) is 9.16. The molecule has 2 aromatic heterocycles. The number of rotatable bonds is 4. The van der Waals surface area contributed by atoms with Crippen molar-refractivity contribution in [2.24, 2.45) is 0 Å². The summed E-state index contributed by atoms with van der Waals surface area (Å²) >= 11 is 6.57. The van der Waals surface area contributed by atoms with Crippen molar-refractivity contribution in [1.29, 1.82) is 0 Å². The summed E-state index contributed by atoms with van der Waals surface area (Å²) in [5.74, 6) is 0.504. The summed E-state index contributed by atoms with van der Waals surface area (Å²) in [5.41, 5.74) is 4.19. The topological polar surface area (TPSA) is 47.7 Å². The number of nitrogens with one attached hydrogen (secondary N) is 1. The standard InChI is InChI=1S/C19H22ClN5/c1-3-13(2)24-12-16(11-22-24)25-19-9-17(14-4-6-21-7-5-14)18(20)8-15(19)10-23-25/h8-12,14,21H,2-7H2,1H3. The van der Waals surface area contributed by atoms with E-state index in [2.05, 4.69) is 35.1 Å². The first-order valence-electron chi connectivity index (χ1n) is 8.78. The SMILES string of the molecule is C=C(CC)n1cc(-n2ncc3cc(Cl)c(C4CCNCC4)cc32)cn1. The van der Waals surface area contributed by atoms with E-state index in [1.165, 1.54) is 5.56 Å². The van der Waals surface area contributed by atoms with Crippen LogP contribution in [0.25, 0.3) is 22.3 Å². The molecule has 0 spiro atoms. The monoisotopic (exact) mass is 355 g/mol. The lowest BCUT2D eigenvalue weighted by atomic mass is 9.90. The molecular formula is C19H22ClN5. The third-order valence-corrected chi connectivity index (χ3v) is 5.34. The molecular weight excluding hydrogens is 334 g/mol. The minimum atomic E-state index is 0.504. The van der Waals surface area contributed by atoms with Crippen LogP contribution < -0.4 is 5.32 Å². The fraction of sp³-hybridized carbons (Fsp3) is 0.368. The normalized spacial score (nSPS) is 15.8. The molecule has 0 bridgehead atoms. The highest BCUT2D eigenvalue weighted by Crippen LogP contribution is 2.34. The van der Waals surface area contributed by atoms with Gasteiger partial charge >= 0.3 is 0 Å². The molecule has 1 aliphatic rings. The Morgan fingerprint density at radius 3 is 2.84 bits per heavy atom. The highest BCUT2D eigenvalue weighted by molar-refractivity contribution is 6.32. The predicted molar refractivity (Wildman–Crippen MR) is 102 cm³/mol. The van der Waals surface area contributed by atoms with E-state index >= 15 is 0 Å². The Balaban J connectivity index is 1.77. The van der Waals surface area contributed by atoms with Crippen LogP contribution in [0.1, 0.15) is 37.7 Å². The molecule has 25 heavy (non-hydrogen) atoms. The van der Waals surface area contributed by atoms with Crippen molar-refractivity contribution in [1.82, 2.24) is 24.9 Å². The van der Waals surface area contributed by atoms with Crippen LogP contribution in [0.3, 0.4) is 0 Å². The number of hydrogen-bond donors (Lipinski definition) is 1. The molecule has 5 nitrogen and oxygen atoms in total. The van der Waals surface area contributed by atoms with Crippen molar-refractivity contribution in [2.45, 2.75) is 32.1 Å². The quantitative estimate of drug-likeness (QED) is 0.762. The summed E-state index contributed by atoms with van der Waals surface area (Å²) in [6.07, 6.45) is 8.75. The molecule has 1 N–H and O–H groups in total. The van der Waals surface area contributed by atoms with E-state index in [1.807, 2.05) is 34.0 Å². The van der Waals surface area contributed by atoms with Gasteiger partial charge in [-0.25, -0.2) is 9.36 Å². The highest BCUT2D eigenvalue weighted by atomic mass is 35.5. The van der Waals surface area contributed by atoms with E-state index in [0.717, 1.165) is 59.7 Å². The molecule has 1 aromatic carbocycles. The largest absolute Gasteiger partial charge is 0.317 e. The van der Waals surface area contributed by atoms with E-state index in [0.29, 0.717) is 5.92 Å². The zero-order chi connectivity index (χ0) is 17.4. The van der Waals surface area contributed by atoms with Gasteiger partial charge in [0.2, 0.25) is 0 Å². The maximum Gasteiger partial charge on any atom is 0.104 e. The van der Waals surface area contributed by atoms with Gasteiger partial charge in [0, 0.05) is 16.1 Å². The summed E-state index contributed by atoms with van der Waals surface area (Å²) < 4.78 is 3.75. The molecule has 0 saturated carbocycles. The molecule has 1 aliphatic heterocycles. The van der Waals surface area contributed by atoms with Gasteiger partial charge in [0.05, 0.1) is 24.1 Å². The first-order chi connectivity index (χ1) is 12.2. The van der Waals surface area contributed by atoms with E-state index in [9.17, 15) is 0 Å². The van der Waals surface area contributed by atoms with Crippen LogP contribution in [-0.2, 0) is 0 Å². The van der Waals surface area contributed by atoms with Gasteiger partial charge in [-0.2, -0.15) is 10.2 Å². The summed E-state index contributed by atoms with van der Waals surface area (Å²) in [6, 6.07) is 4.24. The van der Waals surface area contributed by atoms with Crippen molar-refractivity contribution >= 4 is 28.2 Å². The van der Waals surface area contributed by atoms with Crippen molar-refractivity contribution in [3.63, 3.8) is 0 Å². The molecule has 0 radical (unpaired) electrons. The van der Waals surface area contributed by atoms with Gasteiger partial charge < -0.3 is 5.32 Å². The molecule has 0 atom stereocenters. The average Bonchev–Trinajstić information content (AvgIpc) is 3.27. The average molecular weight is 356 g/mol. The summed E-state index contributed by atoms with van der Waals surface area (Å²) in [5, 5.41) is 14.3. The van der Waals surface area contributed by atoms with Crippen molar-refractivity contribution < 1.29 is 0 Å². The molecule has 3 aromatic rings. The second-order valence-corrected chi connectivity index (χ2v) is 6.98. The molecule has 6 heteroatoms. The number of hydrogen-bond acceptors (Lipinski definition) is 3. The zero-order valence-corrected chi connectivity index (χ0v) is 15.1. The van der Waals surface area contributed by atoms with Gasteiger partial charge in [-0.1, -0.05) is 25.1 Å². The second-order valence-electron chi connectivity index (χ2n) is 6.58. The second kappa shape index (κ2) is 6.65. The summed E-state index contributed by atoms with van der Waals surface area (Å²) in [7, 11) is 0. The zero-order valence-electron chi connectivity index (χ0n) is 14.4. The van der Waals surface area contributed by atoms with E-state index in [1.54, 1.807) is 0 Å². The molecule has 1 fully saturated rings. The Morgan fingerprint density at radius 2 is 2.08 bits per heavy atom. The van der Waals surface area contributed by atoms with E-state index in [-0.39, 0.29) is 0 Å². The Kier molecular flexibility index (Phi) is 4.36. The summed E-state index contributed by atoms with van der Waals surface area (Å²) in [4.78, 5) is 0. The fourth-order valence-corrected chi connectivity index (χ4v) is 3.80. The Bertz CT molecular complexity index is 917. The lowest BCUT2D eigenvalue weighted by Gasteiger charge is -2.24. The lowest BCUT2D eigenvalue weighted by molar-refractivity contribution is 0.461. The number of aromatic nitrogens is 4. The first kappa shape index (κ1) is 16.4. The lowest BCUT2D eigenvalue weighted by Crippen LogP contribution is -2.26. The van der Waals surface area contributed by atoms with Gasteiger partial charge in [-0.15, -0.1) is 0 Å². The van der Waals surface area contributed by atoms with Crippen molar-refractivity contribution in [2.75, 3.05) is 13.1 Å². The third kappa shape index (κ3) is 2.98. The van der Waals surface area contributed by atoms with Crippen LogP contribution in [0.5, 0.6) is 0 Å². The maximum atomic E-state index is 6.57. The summed E-state index contributed by atoms with van der Waals surface area (Å²) in [6.45, 7) is 8.20. The Morgan fingerprint density at radius 1 is 1.28 bits per heavy atom. The van der Waals surface area contributed by atoms with E-state index < -0.39 is 0 Å². The molecule has 1 saturated heterocycles. The number of piperidine rings is 1.